The molecule has 0 radical (unpaired) electrons. The predicted octanol–water partition coefficient (Wildman–Crippen LogP) is 1.85. The van der Waals surface area contributed by atoms with Crippen molar-refractivity contribution in [3.63, 3.8) is 0 Å². The van der Waals surface area contributed by atoms with Crippen molar-refractivity contribution in [2.24, 2.45) is 0 Å². The van der Waals surface area contributed by atoms with Crippen molar-refractivity contribution in [3.8, 4) is 0 Å². The van der Waals surface area contributed by atoms with E-state index in [9.17, 15) is 27.6 Å². The van der Waals surface area contributed by atoms with Crippen LogP contribution in [-0.2, 0) is 24.4 Å². The molecule has 4 amide bonds. The summed E-state index contributed by atoms with van der Waals surface area (Å²) in [5.41, 5.74) is 0. The summed E-state index contributed by atoms with van der Waals surface area (Å²) in [7, 11) is -3.92. The van der Waals surface area contributed by atoms with Gasteiger partial charge in [0.1, 0.15) is 12.1 Å². The van der Waals surface area contributed by atoms with Gasteiger partial charge in [-0.2, -0.15) is 4.72 Å². The number of carbonyl (C=O) groups is 4. The number of piperidine rings is 1. The molecule has 1 N–H and O–H groups in total. The fourth-order valence-electron chi connectivity index (χ4n) is 5.49. The number of nitrogens with zero attached hydrogens (tertiary/aromatic N) is 4. The number of nitrogens with one attached hydrogen (secondary N) is 1. The van der Waals surface area contributed by atoms with E-state index in [2.05, 4.69) is 4.72 Å². The molecule has 3 aliphatic heterocycles. The van der Waals surface area contributed by atoms with Crippen LogP contribution in [0, 0.1) is 0 Å². The van der Waals surface area contributed by atoms with Gasteiger partial charge in [0.25, 0.3) is 5.91 Å². The molecule has 42 heavy (non-hydrogen) atoms. The quantitative estimate of drug-likeness (QED) is 0.466. The highest BCUT2D eigenvalue weighted by molar-refractivity contribution is 7.92. The minimum atomic E-state index is -3.92. The molecule has 2 aromatic rings. The molecule has 226 valence electrons. The topological polar surface area (TPSA) is 141 Å². The summed E-state index contributed by atoms with van der Waals surface area (Å²) < 4.78 is 33.4. The van der Waals surface area contributed by atoms with Gasteiger partial charge in [0.05, 0.1) is 17.1 Å². The molecule has 12 nitrogen and oxygen atoms in total. The van der Waals surface area contributed by atoms with Crippen LogP contribution in [-0.4, -0.2) is 110 Å². The summed E-state index contributed by atoms with van der Waals surface area (Å²) in [6, 6.07) is 5.00. The molecule has 3 fully saturated rings. The van der Waals surface area contributed by atoms with E-state index < -0.39 is 28.0 Å². The van der Waals surface area contributed by atoms with Crippen molar-refractivity contribution in [1.82, 2.24) is 24.3 Å². The molecule has 2 atom stereocenters. The lowest BCUT2D eigenvalue weighted by atomic mass is 10.1. The van der Waals surface area contributed by atoms with Gasteiger partial charge in [-0.3, -0.25) is 19.2 Å². The number of hydrogen-bond donors (Lipinski definition) is 1. The number of amides is 4. The van der Waals surface area contributed by atoms with Crippen LogP contribution in [0.2, 0.25) is 4.34 Å². The zero-order chi connectivity index (χ0) is 29.9. The van der Waals surface area contributed by atoms with E-state index in [-0.39, 0.29) is 30.0 Å². The largest absolute Gasteiger partial charge is 0.459 e. The molecule has 0 aliphatic carbocycles. The second-order valence-electron chi connectivity index (χ2n) is 10.4. The van der Waals surface area contributed by atoms with E-state index in [1.54, 1.807) is 34.1 Å². The van der Waals surface area contributed by atoms with Gasteiger partial charge >= 0.3 is 0 Å². The Bertz CT molecular complexity index is 1450. The Morgan fingerprint density at radius 3 is 2.45 bits per heavy atom. The van der Waals surface area contributed by atoms with Crippen LogP contribution in [0.15, 0.2) is 40.4 Å². The lowest BCUT2D eigenvalue weighted by Crippen LogP contribution is -2.57. The fraction of sp³-hybridized carbons (Fsp3) is 0.481. The number of piperazine rings is 1. The zero-order valence-corrected chi connectivity index (χ0v) is 25.2. The minimum Gasteiger partial charge on any atom is -0.459 e. The van der Waals surface area contributed by atoms with Gasteiger partial charge in [-0.1, -0.05) is 11.6 Å². The number of furan rings is 1. The second kappa shape index (κ2) is 13.0. The Balaban J connectivity index is 1.14. The fourth-order valence-corrected chi connectivity index (χ4v) is 7.56. The van der Waals surface area contributed by atoms with Gasteiger partial charge in [-0.15, -0.1) is 11.3 Å². The third kappa shape index (κ3) is 7.05. The second-order valence-corrected chi connectivity index (χ2v) is 13.7. The highest BCUT2D eigenvalue weighted by Gasteiger charge is 2.40. The van der Waals surface area contributed by atoms with E-state index in [1.165, 1.54) is 33.5 Å². The third-order valence-corrected chi connectivity index (χ3v) is 9.94. The highest BCUT2D eigenvalue weighted by Crippen LogP contribution is 2.24. The predicted molar refractivity (Wildman–Crippen MR) is 156 cm³/mol. The molecular formula is C27H32ClN5O7S2. The third-order valence-electron chi connectivity index (χ3n) is 7.64. The van der Waals surface area contributed by atoms with Gasteiger partial charge in [-0.05, 0) is 56.0 Å². The van der Waals surface area contributed by atoms with Crippen molar-refractivity contribution in [3.05, 3.63) is 50.9 Å². The van der Waals surface area contributed by atoms with E-state index >= 15 is 0 Å². The van der Waals surface area contributed by atoms with E-state index in [0.29, 0.717) is 74.2 Å². The average molecular weight is 638 g/mol. The first-order chi connectivity index (χ1) is 20.1. The van der Waals surface area contributed by atoms with Gasteiger partial charge in [-0.25, -0.2) is 8.42 Å². The van der Waals surface area contributed by atoms with Gasteiger partial charge in [0.2, 0.25) is 27.7 Å². The van der Waals surface area contributed by atoms with Crippen molar-refractivity contribution in [2.75, 3.05) is 45.8 Å². The summed E-state index contributed by atoms with van der Waals surface area (Å²) in [4.78, 5) is 59.3. The molecule has 0 spiro atoms. The molecule has 5 heterocycles. The van der Waals surface area contributed by atoms with Crippen LogP contribution in [0.5, 0.6) is 0 Å². The van der Waals surface area contributed by atoms with Crippen LogP contribution in [0.4, 0.5) is 0 Å². The molecule has 5 rings (SSSR count). The van der Waals surface area contributed by atoms with Crippen LogP contribution in [0.3, 0.4) is 0 Å². The number of sulfonamides is 1. The van der Waals surface area contributed by atoms with E-state index in [4.69, 9.17) is 16.0 Å². The summed E-state index contributed by atoms with van der Waals surface area (Å²) in [5, 5.41) is 1.000. The first-order valence-corrected chi connectivity index (χ1v) is 16.5. The summed E-state index contributed by atoms with van der Waals surface area (Å²) in [5.74, 6) is -0.945. The Labute approximate surface area is 252 Å². The molecule has 0 saturated carbocycles. The molecule has 0 aromatic carbocycles. The minimum absolute atomic E-state index is 0.166. The van der Waals surface area contributed by atoms with E-state index in [1.807, 2.05) is 0 Å². The summed E-state index contributed by atoms with van der Waals surface area (Å²) >= 11 is 7.12. The first kappa shape index (κ1) is 30.3. The van der Waals surface area contributed by atoms with Crippen molar-refractivity contribution in [2.45, 2.75) is 37.8 Å². The molecule has 0 unspecified atom stereocenters. The molecule has 0 bridgehead atoms. The van der Waals surface area contributed by atoms with Gasteiger partial charge in [0, 0.05) is 49.6 Å². The van der Waals surface area contributed by atoms with Crippen LogP contribution in [0.1, 0.15) is 41.1 Å². The van der Waals surface area contributed by atoms with E-state index in [0.717, 1.165) is 5.41 Å². The maximum atomic E-state index is 13.4. The maximum absolute atomic E-state index is 13.4. The smallest absolute Gasteiger partial charge is 0.289 e. The van der Waals surface area contributed by atoms with Gasteiger partial charge in [0.15, 0.2) is 5.76 Å². The SMILES string of the molecule is O=C(c1ccco1)N1CCN(C(=O)[C@@H]2CCCN2C(=O)CN2CCC[C@H](NS(=O)(=O)C=Cc3ccc(Cl)s3)C2=O)CC1. The number of halogens is 1. The maximum Gasteiger partial charge on any atom is 0.289 e. The standard InChI is InChI=1S/C27H32ClN5O7S2/c28-23-8-7-19(41-23)9-17-42(38,39)29-20-4-1-10-32(25(20)35)18-24(34)33-11-2-5-21(33)26(36)30-12-14-31(15-13-30)27(37)22-6-3-16-40-22/h3,6-9,16-17,20-21,29H,1-2,4-5,10-15,18H2/t20-,21-/m0/s1. The normalized spacial score (nSPS) is 21.9. The van der Waals surface area contributed by atoms with Gasteiger partial charge < -0.3 is 24.0 Å². The zero-order valence-electron chi connectivity index (χ0n) is 22.8. The number of thiophene rings is 1. The van der Waals surface area contributed by atoms with Crippen molar-refractivity contribution < 1.29 is 32.0 Å². The van der Waals surface area contributed by atoms with Crippen molar-refractivity contribution >= 4 is 62.7 Å². The molecule has 15 heteroatoms. The Hall–Kier alpha value is -3.20. The molecule has 3 saturated heterocycles. The summed E-state index contributed by atoms with van der Waals surface area (Å²) in [6.07, 6.45) is 4.89. The Morgan fingerprint density at radius 1 is 1.02 bits per heavy atom. The van der Waals surface area contributed by atoms with Crippen LogP contribution >= 0.6 is 22.9 Å². The lowest BCUT2D eigenvalue weighted by Gasteiger charge is -2.37. The van der Waals surface area contributed by atoms with Crippen molar-refractivity contribution in [1.29, 1.82) is 0 Å². The molecular weight excluding hydrogens is 606 g/mol. The number of carbonyl (C=O) groups excluding carboxylic acids is 4. The number of rotatable bonds is 8. The number of likely N-dealkylation sites (tertiary alicyclic amines) is 2. The number of hydrogen-bond acceptors (Lipinski definition) is 8. The van der Waals surface area contributed by atoms with Crippen LogP contribution in [0.25, 0.3) is 6.08 Å². The highest BCUT2D eigenvalue weighted by atomic mass is 35.5. The monoisotopic (exact) mass is 637 g/mol. The van der Waals surface area contributed by atoms with Crippen LogP contribution < -0.4 is 4.72 Å². The Morgan fingerprint density at radius 2 is 1.76 bits per heavy atom. The molecule has 2 aromatic heterocycles. The molecule has 3 aliphatic rings. The summed E-state index contributed by atoms with van der Waals surface area (Å²) in [6.45, 7) is 1.93. The average Bonchev–Trinajstić information content (AvgIpc) is 3.76. The lowest BCUT2D eigenvalue weighted by molar-refractivity contribution is -0.148. The Kier molecular flexibility index (Phi) is 9.35. The first-order valence-electron chi connectivity index (χ1n) is 13.8.